The van der Waals surface area contributed by atoms with Gasteiger partial charge in [-0.1, -0.05) is 12.1 Å². The molecular formula is C17H25N3O6S. The smallest absolute Gasteiger partial charge is 0.410 e. The Hall–Kier alpha value is -2.20. The van der Waals surface area contributed by atoms with Gasteiger partial charge in [-0.15, -0.1) is 0 Å². The molecule has 0 bridgehead atoms. The van der Waals surface area contributed by atoms with Crippen molar-refractivity contribution in [2.45, 2.75) is 57.2 Å². The number of para-hydroxylation sites is 1. The molecule has 1 aromatic carbocycles. The second-order valence-electron chi connectivity index (χ2n) is 7.50. The Morgan fingerprint density at radius 1 is 1.19 bits per heavy atom. The highest BCUT2D eigenvalue weighted by Crippen LogP contribution is 2.30. The molecule has 0 saturated carbocycles. The van der Waals surface area contributed by atoms with Crippen LogP contribution in [-0.2, 0) is 14.8 Å². The molecule has 9 nitrogen and oxygen atoms in total. The summed E-state index contributed by atoms with van der Waals surface area (Å²) in [6.07, 6.45) is -0.510. The molecule has 1 fully saturated rings. The number of rotatable bonds is 3. The van der Waals surface area contributed by atoms with E-state index in [1.807, 2.05) is 0 Å². The zero-order valence-electron chi connectivity index (χ0n) is 16.1. The first kappa shape index (κ1) is 21.1. The van der Waals surface area contributed by atoms with Gasteiger partial charge in [0.15, 0.2) is 4.90 Å². The van der Waals surface area contributed by atoms with Gasteiger partial charge in [0, 0.05) is 31.2 Å². The predicted molar refractivity (Wildman–Crippen MR) is 98.9 cm³/mol. The highest BCUT2D eigenvalue weighted by molar-refractivity contribution is 7.89. The van der Waals surface area contributed by atoms with Crippen LogP contribution in [0.25, 0.3) is 0 Å². The zero-order chi connectivity index (χ0) is 20.6. The Bertz CT molecular complexity index is 833. The lowest BCUT2D eigenvalue weighted by Crippen LogP contribution is -2.60. The summed E-state index contributed by atoms with van der Waals surface area (Å²) in [7, 11) is -4.09. The predicted octanol–water partition coefficient (Wildman–Crippen LogP) is 2.61. The summed E-state index contributed by atoms with van der Waals surface area (Å²) >= 11 is 0. The van der Waals surface area contributed by atoms with Crippen molar-refractivity contribution < 1.29 is 22.9 Å². The monoisotopic (exact) mass is 399 g/mol. The number of hydrogen-bond acceptors (Lipinski definition) is 6. The maximum absolute atomic E-state index is 13.1. The number of ether oxygens (including phenoxy) is 1. The zero-order valence-corrected chi connectivity index (χ0v) is 16.9. The summed E-state index contributed by atoms with van der Waals surface area (Å²) in [6, 6.07) is 4.24. The van der Waals surface area contributed by atoms with E-state index in [-0.39, 0.29) is 18.0 Å². The number of nitro benzene ring substituents is 1. The Balaban J connectivity index is 2.30. The average Bonchev–Trinajstić information content (AvgIpc) is 2.55. The summed E-state index contributed by atoms with van der Waals surface area (Å²) < 4.78 is 32.7. The maximum atomic E-state index is 13.1. The Kier molecular flexibility index (Phi) is 5.81. The highest BCUT2D eigenvalue weighted by Gasteiger charge is 2.42. The van der Waals surface area contributed by atoms with Crippen molar-refractivity contribution in [3.8, 4) is 0 Å². The summed E-state index contributed by atoms with van der Waals surface area (Å²) in [6.45, 7) is 8.85. The van der Waals surface area contributed by atoms with Gasteiger partial charge in [-0.05, 0) is 40.7 Å². The first-order chi connectivity index (χ1) is 12.4. The number of sulfonamides is 1. The minimum atomic E-state index is -4.09. The number of hydrogen-bond donors (Lipinski definition) is 0. The van der Waals surface area contributed by atoms with Crippen LogP contribution >= 0.6 is 0 Å². The van der Waals surface area contributed by atoms with Gasteiger partial charge in [-0.3, -0.25) is 10.1 Å². The summed E-state index contributed by atoms with van der Waals surface area (Å²) in [5.74, 6) is 0. The summed E-state index contributed by atoms with van der Waals surface area (Å²) in [4.78, 5) is 24.0. The molecule has 1 aromatic rings. The standard InChI is InChI=1S/C17H25N3O6S/c1-12-13(2)19(11-10-18(12)16(21)26-17(3,4)5)27(24,25)15-9-7-6-8-14(15)20(22)23/h6-9,12-13H,10-11H2,1-5H3/t12-,13-/m0/s1. The highest BCUT2D eigenvalue weighted by atomic mass is 32.2. The Morgan fingerprint density at radius 3 is 2.33 bits per heavy atom. The molecule has 1 saturated heterocycles. The van der Waals surface area contributed by atoms with Crippen LogP contribution < -0.4 is 0 Å². The summed E-state index contributed by atoms with van der Waals surface area (Å²) in [5.41, 5.74) is -1.12. The molecule has 10 heteroatoms. The fourth-order valence-corrected chi connectivity index (χ4v) is 4.83. The van der Waals surface area contributed by atoms with Crippen molar-refractivity contribution >= 4 is 21.8 Å². The number of benzene rings is 1. The van der Waals surface area contributed by atoms with Gasteiger partial charge < -0.3 is 9.64 Å². The van der Waals surface area contributed by atoms with Crippen LogP contribution in [0, 0.1) is 10.1 Å². The van der Waals surface area contributed by atoms with Crippen molar-refractivity contribution in [3.63, 3.8) is 0 Å². The van der Waals surface area contributed by atoms with E-state index in [0.29, 0.717) is 0 Å². The molecule has 0 unspecified atom stereocenters. The van der Waals surface area contributed by atoms with Crippen LogP contribution in [0.4, 0.5) is 10.5 Å². The SMILES string of the molecule is C[C@H]1[C@H](C)N(S(=O)(=O)c2ccccc2[N+](=O)[O-])CCN1C(=O)OC(C)(C)C. The molecule has 0 aromatic heterocycles. The fraction of sp³-hybridized carbons (Fsp3) is 0.588. The van der Waals surface area contributed by atoms with Crippen LogP contribution in [0.2, 0.25) is 0 Å². The van der Waals surface area contributed by atoms with Crippen molar-refractivity contribution in [2.75, 3.05) is 13.1 Å². The van der Waals surface area contributed by atoms with Crippen LogP contribution in [0.15, 0.2) is 29.2 Å². The molecule has 2 rings (SSSR count). The van der Waals surface area contributed by atoms with Gasteiger partial charge in [0.25, 0.3) is 5.69 Å². The maximum Gasteiger partial charge on any atom is 0.410 e. The largest absolute Gasteiger partial charge is 0.444 e. The van der Waals surface area contributed by atoms with Gasteiger partial charge >= 0.3 is 6.09 Å². The third-order valence-electron chi connectivity index (χ3n) is 4.48. The molecular weight excluding hydrogens is 374 g/mol. The third-order valence-corrected chi connectivity index (χ3v) is 6.52. The lowest BCUT2D eigenvalue weighted by molar-refractivity contribution is -0.387. The van der Waals surface area contributed by atoms with Crippen molar-refractivity contribution in [2.24, 2.45) is 0 Å². The molecule has 0 spiro atoms. The van der Waals surface area contributed by atoms with E-state index in [2.05, 4.69) is 0 Å². The molecule has 0 radical (unpaired) electrons. The molecule has 150 valence electrons. The molecule has 1 amide bonds. The molecule has 27 heavy (non-hydrogen) atoms. The van der Waals surface area contributed by atoms with Crippen molar-refractivity contribution in [1.29, 1.82) is 0 Å². The van der Waals surface area contributed by atoms with Crippen LogP contribution in [0.1, 0.15) is 34.6 Å². The van der Waals surface area contributed by atoms with E-state index < -0.39 is 44.4 Å². The minimum Gasteiger partial charge on any atom is -0.444 e. The number of piperazine rings is 1. The van der Waals surface area contributed by atoms with E-state index in [0.717, 1.165) is 6.07 Å². The Labute approximate surface area is 159 Å². The molecule has 1 aliphatic rings. The van der Waals surface area contributed by atoms with Crippen molar-refractivity contribution in [3.05, 3.63) is 34.4 Å². The van der Waals surface area contributed by atoms with E-state index in [1.165, 1.54) is 27.4 Å². The first-order valence-electron chi connectivity index (χ1n) is 8.61. The molecule has 2 atom stereocenters. The second-order valence-corrected chi connectivity index (χ2v) is 9.35. The van der Waals surface area contributed by atoms with Crippen LogP contribution in [0.3, 0.4) is 0 Å². The van der Waals surface area contributed by atoms with Gasteiger partial charge in [0.2, 0.25) is 10.0 Å². The number of carbonyl (C=O) groups is 1. The number of nitro groups is 1. The minimum absolute atomic E-state index is 0.0269. The van der Waals surface area contributed by atoms with E-state index in [1.54, 1.807) is 34.6 Å². The summed E-state index contributed by atoms with van der Waals surface area (Å²) in [5, 5.41) is 11.2. The van der Waals surface area contributed by atoms with Crippen molar-refractivity contribution in [1.82, 2.24) is 9.21 Å². The second kappa shape index (κ2) is 7.43. The normalized spacial score (nSPS) is 21.7. The molecule has 1 aliphatic heterocycles. The van der Waals surface area contributed by atoms with Gasteiger partial charge in [0.05, 0.1) is 4.92 Å². The number of carbonyl (C=O) groups excluding carboxylic acids is 1. The van der Waals surface area contributed by atoms with Crippen LogP contribution in [0.5, 0.6) is 0 Å². The van der Waals surface area contributed by atoms with Crippen LogP contribution in [-0.4, -0.2) is 59.4 Å². The van der Waals surface area contributed by atoms with Gasteiger partial charge in [-0.2, -0.15) is 4.31 Å². The molecule has 0 aliphatic carbocycles. The van der Waals surface area contributed by atoms with E-state index in [9.17, 15) is 23.3 Å². The fourth-order valence-electron chi connectivity index (χ4n) is 2.98. The Morgan fingerprint density at radius 2 is 1.78 bits per heavy atom. The first-order valence-corrected chi connectivity index (χ1v) is 10.0. The lowest BCUT2D eigenvalue weighted by atomic mass is 10.1. The number of amides is 1. The van der Waals surface area contributed by atoms with Gasteiger partial charge in [0.1, 0.15) is 5.60 Å². The van der Waals surface area contributed by atoms with E-state index in [4.69, 9.17) is 4.74 Å². The molecule has 1 heterocycles. The third kappa shape index (κ3) is 4.38. The quantitative estimate of drug-likeness (QED) is 0.571. The lowest BCUT2D eigenvalue weighted by Gasteiger charge is -2.44. The molecule has 0 N–H and O–H groups in total. The number of nitrogens with zero attached hydrogens (tertiary/aromatic N) is 3. The topological polar surface area (TPSA) is 110 Å². The van der Waals surface area contributed by atoms with Gasteiger partial charge in [-0.25, -0.2) is 13.2 Å². The average molecular weight is 399 g/mol. The van der Waals surface area contributed by atoms with E-state index >= 15 is 0 Å².